The van der Waals surface area contributed by atoms with Crippen molar-refractivity contribution in [1.82, 2.24) is 14.9 Å². The van der Waals surface area contributed by atoms with Gasteiger partial charge in [-0.25, -0.2) is 4.98 Å². The van der Waals surface area contributed by atoms with Crippen LogP contribution in [-0.4, -0.2) is 22.6 Å². The molecule has 1 aromatic heterocycles. The van der Waals surface area contributed by atoms with Crippen LogP contribution in [0.4, 0.5) is 0 Å². The Labute approximate surface area is 86.5 Å². The maximum atomic E-state index is 4.24. The van der Waals surface area contributed by atoms with Crippen molar-refractivity contribution in [1.29, 1.82) is 0 Å². The van der Waals surface area contributed by atoms with Crippen LogP contribution in [-0.2, 0) is 0 Å². The van der Waals surface area contributed by atoms with Crippen LogP contribution in [0, 0.1) is 12.8 Å². The predicted octanol–water partition coefficient (Wildman–Crippen LogP) is 2.00. The molecule has 0 saturated carbocycles. The first-order valence-electron chi connectivity index (χ1n) is 5.37. The van der Waals surface area contributed by atoms with E-state index >= 15 is 0 Å². The highest BCUT2D eigenvalue weighted by Crippen LogP contribution is 2.17. The second kappa shape index (κ2) is 5.15. The Hall–Kier alpha value is -0.830. The molecule has 0 amide bonds. The summed E-state index contributed by atoms with van der Waals surface area (Å²) in [5, 5.41) is 3.38. The van der Waals surface area contributed by atoms with Gasteiger partial charge in [0.1, 0.15) is 5.82 Å². The van der Waals surface area contributed by atoms with E-state index in [2.05, 4.69) is 48.8 Å². The number of aryl methyl sites for hydroxylation is 1. The topological polar surface area (TPSA) is 29.9 Å². The van der Waals surface area contributed by atoms with Gasteiger partial charge in [-0.05, 0) is 32.9 Å². The maximum absolute atomic E-state index is 4.24. The molecule has 0 aliphatic carbocycles. The van der Waals surface area contributed by atoms with Crippen LogP contribution < -0.4 is 5.32 Å². The average Bonchev–Trinajstić information content (AvgIpc) is 2.59. The van der Waals surface area contributed by atoms with Crippen LogP contribution in [0.25, 0.3) is 0 Å². The van der Waals surface area contributed by atoms with Crippen molar-refractivity contribution in [3.63, 3.8) is 0 Å². The van der Waals surface area contributed by atoms with E-state index in [1.54, 1.807) is 0 Å². The summed E-state index contributed by atoms with van der Waals surface area (Å²) in [5.74, 6) is 1.73. The van der Waals surface area contributed by atoms with E-state index in [-0.39, 0.29) is 0 Å². The smallest absolute Gasteiger partial charge is 0.105 e. The zero-order chi connectivity index (χ0) is 10.6. The molecule has 0 aliphatic rings. The van der Waals surface area contributed by atoms with Crippen LogP contribution >= 0.6 is 0 Å². The summed E-state index contributed by atoms with van der Waals surface area (Å²) in [7, 11) is 0. The quantitative estimate of drug-likeness (QED) is 0.778. The highest BCUT2D eigenvalue weighted by Gasteiger charge is 2.14. The summed E-state index contributed by atoms with van der Waals surface area (Å²) in [6.07, 6.45) is 3.92. The molecule has 0 aromatic carbocycles. The average molecular weight is 195 g/mol. The Bertz CT molecular complexity index is 267. The van der Waals surface area contributed by atoms with Crippen LogP contribution in [0.15, 0.2) is 12.4 Å². The highest BCUT2D eigenvalue weighted by atomic mass is 15.1. The molecule has 2 atom stereocenters. The van der Waals surface area contributed by atoms with E-state index in [0.717, 1.165) is 18.9 Å². The lowest BCUT2D eigenvalue weighted by molar-refractivity contribution is 0.359. The lowest BCUT2D eigenvalue weighted by atomic mass is 10.0. The van der Waals surface area contributed by atoms with Crippen LogP contribution in [0.5, 0.6) is 0 Å². The summed E-state index contributed by atoms with van der Waals surface area (Å²) in [6.45, 7) is 10.8. The SMILES string of the molecule is CCNCC(C)C(C)n1ccnc1C. The van der Waals surface area contributed by atoms with Crippen molar-refractivity contribution in [2.75, 3.05) is 13.1 Å². The van der Waals surface area contributed by atoms with E-state index in [1.807, 2.05) is 6.20 Å². The number of rotatable bonds is 5. The predicted molar refractivity (Wildman–Crippen MR) is 59.4 cm³/mol. The highest BCUT2D eigenvalue weighted by molar-refractivity contribution is 4.92. The molecule has 0 aliphatic heterocycles. The Morgan fingerprint density at radius 1 is 1.50 bits per heavy atom. The Morgan fingerprint density at radius 3 is 2.71 bits per heavy atom. The van der Waals surface area contributed by atoms with Gasteiger partial charge < -0.3 is 9.88 Å². The fourth-order valence-electron chi connectivity index (χ4n) is 1.63. The van der Waals surface area contributed by atoms with Crippen molar-refractivity contribution < 1.29 is 0 Å². The lowest BCUT2D eigenvalue weighted by Gasteiger charge is -2.22. The van der Waals surface area contributed by atoms with Gasteiger partial charge in [0.2, 0.25) is 0 Å². The number of nitrogens with zero attached hydrogens (tertiary/aromatic N) is 2. The van der Waals surface area contributed by atoms with Crippen LogP contribution in [0.3, 0.4) is 0 Å². The molecule has 14 heavy (non-hydrogen) atoms. The van der Waals surface area contributed by atoms with Gasteiger partial charge in [-0.2, -0.15) is 0 Å². The maximum Gasteiger partial charge on any atom is 0.105 e. The summed E-state index contributed by atoms with van der Waals surface area (Å²) < 4.78 is 2.24. The summed E-state index contributed by atoms with van der Waals surface area (Å²) in [5.41, 5.74) is 0. The molecule has 0 saturated heterocycles. The first-order valence-corrected chi connectivity index (χ1v) is 5.37. The van der Waals surface area contributed by atoms with Crippen molar-refractivity contribution in [3.8, 4) is 0 Å². The van der Waals surface area contributed by atoms with Crippen molar-refractivity contribution >= 4 is 0 Å². The molecule has 3 heteroatoms. The monoisotopic (exact) mass is 195 g/mol. The molecule has 1 rings (SSSR count). The molecule has 80 valence electrons. The second-order valence-corrected chi connectivity index (χ2v) is 3.91. The van der Waals surface area contributed by atoms with E-state index in [1.165, 1.54) is 0 Å². The molecule has 0 fully saturated rings. The third-order valence-electron chi connectivity index (χ3n) is 2.84. The Morgan fingerprint density at radius 2 is 2.21 bits per heavy atom. The van der Waals surface area contributed by atoms with Gasteiger partial charge >= 0.3 is 0 Å². The van der Waals surface area contributed by atoms with E-state index < -0.39 is 0 Å². The third kappa shape index (κ3) is 2.58. The van der Waals surface area contributed by atoms with Crippen molar-refractivity contribution in [2.24, 2.45) is 5.92 Å². The number of imidazole rings is 1. The number of hydrogen-bond donors (Lipinski definition) is 1. The first-order chi connectivity index (χ1) is 6.66. The molecule has 0 bridgehead atoms. The number of nitrogens with one attached hydrogen (secondary N) is 1. The van der Waals surface area contributed by atoms with Gasteiger partial charge in [0, 0.05) is 18.4 Å². The summed E-state index contributed by atoms with van der Waals surface area (Å²) in [4.78, 5) is 4.24. The molecule has 3 nitrogen and oxygen atoms in total. The molecule has 0 spiro atoms. The second-order valence-electron chi connectivity index (χ2n) is 3.91. The van der Waals surface area contributed by atoms with Gasteiger partial charge in [-0.3, -0.25) is 0 Å². The van der Waals surface area contributed by atoms with Gasteiger partial charge in [0.15, 0.2) is 0 Å². The molecule has 1 heterocycles. The van der Waals surface area contributed by atoms with Gasteiger partial charge in [0.25, 0.3) is 0 Å². The zero-order valence-corrected chi connectivity index (χ0v) is 9.62. The van der Waals surface area contributed by atoms with Crippen molar-refractivity contribution in [3.05, 3.63) is 18.2 Å². The number of hydrogen-bond acceptors (Lipinski definition) is 2. The third-order valence-corrected chi connectivity index (χ3v) is 2.84. The van der Waals surface area contributed by atoms with Gasteiger partial charge in [0.05, 0.1) is 0 Å². The molecule has 1 aromatic rings. The van der Waals surface area contributed by atoms with Crippen LogP contribution in [0.1, 0.15) is 32.6 Å². The Kier molecular flexibility index (Phi) is 4.14. The molecular weight excluding hydrogens is 174 g/mol. The van der Waals surface area contributed by atoms with Gasteiger partial charge in [-0.15, -0.1) is 0 Å². The molecule has 0 radical (unpaired) electrons. The largest absolute Gasteiger partial charge is 0.332 e. The molecular formula is C11H21N3. The van der Waals surface area contributed by atoms with Gasteiger partial charge in [-0.1, -0.05) is 13.8 Å². The standard InChI is InChI=1S/C11H21N3/c1-5-12-8-9(2)10(3)14-7-6-13-11(14)4/h6-7,9-10,12H,5,8H2,1-4H3. The fourth-order valence-corrected chi connectivity index (χ4v) is 1.63. The molecule has 2 unspecified atom stereocenters. The lowest BCUT2D eigenvalue weighted by Crippen LogP contribution is -2.26. The van der Waals surface area contributed by atoms with E-state index in [9.17, 15) is 0 Å². The normalized spacial score (nSPS) is 15.4. The summed E-state index contributed by atoms with van der Waals surface area (Å²) in [6, 6.07) is 0.511. The minimum absolute atomic E-state index is 0.511. The first kappa shape index (κ1) is 11.2. The van der Waals surface area contributed by atoms with E-state index in [4.69, 9.17) is 0 Å². The van der Waals surface area contributed by atoms with Crippen LogP contribution in [0.2, 0.25) is 0 Å². The van der Waals surface area contributed by atoms with Crippen molar-refractivity contribution in [2.45, 2.75) is 33.7 Å². The Balaban J connectivity index is 2.56. The van der Waals surface area contributed by atoms with E-state index in [0.29, 0.717) is 12.0 Å². The minimum atomic E-state index is 0.511. The zero-order valence-electron chi connectivity index (χ0n) is 9.62. The summed E-state index contributed by atoms with van der Waals surface area (Å²) >= 11 is 0. The minimum Gasteiger partial charge on any atom is -0.332 e. The molecule has 1 N–H and O–H groups in total. The fraction of sp³-hybridized carbons (Fsp3) is 0.727. The number of aromatic nitrogens is 2.